The first kappa shape index (κ1) is 124. The van der Waals surface area contributed by atoms with Crippen molar-refractivity contribution in [2.75, 3.05) is 35.5 Å². The highest BCUT2D eigenvalue weighted by Gasteiger charge is 2.38. The van der Waals surface area contributed by atoms with Crippen LogP contribution in [0.3, 0.4) is 0 Å². The minimum Gasteiger partial charge on any atom is -0.497 e. The van der Waals surface area contributed by atoms with E-state index in [-0.39, 0.29) is 11.7 Å². The second kappa shape index (κ2) is 65.0. The van der Waals surface area contributed by atoms with E-state index in [0.29, 0.717) is 65.3 Å². The second-order valence-electron chi connectivity index (χ2n) is 42.2. The molecule has 0 heterocycles. The lowest BCUT2D eigenvalue weighted by Gasteiger charge is -2.40. The molecule has 0 aliphatic rings. The minimum atomic E-state index is -2.45. The topological polar surface area (TPSA) is 100 Å². The lowest BCUT2D eigenvalue weighted by molar-refractivity contribution is -0.141. The summed E-state index contributed by atoms with van der Waals surface area (Å²) in [5, 5.41) is 0.345. The van der Waals surface area contributed by atoms with Crippen molar-refractivity contribution in [1.82, 2.24) is 0 Å². The zero-order chi connectivity index (χ0) is 103. The van der Waals surface area contributed by atoms with E-state index >= 15 is 0 Å². The highest BCUT2D eigenvalue weighted by molar-refractivity contribution is 6.74. The molecule has 0 bridgehead atoms. The van der Waals surface area contributed by atoms with Crippen molar-refractivity contribution in [1.29, 1.82) is 0 Å². The average Bonchev–Trinajstić information content (AvgIpc) is 0.844. The number of aryl methyl sites for hydroxylation is 8. The molecule has 8 rings (SSSR count). The molecule has 0 fully saturated rings. The Kier molecular flexibility index (Phi) is 59.7. The van der Waals surface area contributed by atoms with Crippen molar-refractivity contribution in [2.45, 2.75) is 347 Å². The second-order valence-corrected chi connectivity index (χ2v) is 47.0. The van der Waals surface area contributed by atoms with Crippen LogP contribution in [-0.4, -0.2) is 55.9 Å². The molecular weight excluding hydrogens is 1700 g/mol. The molecule has 14 heteroatoms. The molecule has 0 aliphatic heterocycles. The molecule has 0 atom stereocenters. The zero-order valence-corrected chi connectivity index (χ0v) is 92.3. The van der Waals surface area contributed by atoms with Crippen LogP contribution in [0.25, 0.3) is 0 Å². The SMILES string of the molecule is C=C(CC)CC(C)C.C=CCc1ccc(CC(C)C)cc1.CC(C)CC(C)(C)C(C)(C)C.CC(C)Cc1ccc(OC(F)=C(F)F)cc1.CC(C)O[Si](C)(C)C(C)(C)C.CCc1cc(CC)cc(CCc2cc(CCc3cc(CC)cc(CC)c3)cc(CC(C)C)c2)c1.COC(=O)CC(C)C.COc1cc(COc2cc(CC(C)C)cc(OCc3cc(OC)cc(OC)c3)c2)cc(OC)c1. The number of halogens is 3. The molecule has 754 valence electrons. The molecule has 0 saturated heterocycles. The maximum Gasteiger partial charge on any atom is 0.344 e. The molecule has 0 saturated carbocycles. The molecule has 0 amide bonds. The van der Waals surface area contributed by atoms with Gasteiger partial charge in [0, 0.05) is 30.7 Å². The van der Waals surface area contributed by atoms with Gasteiger partial charge in [-0.25, -0.2) is 0 Å². The highest BCUT2D eigenvalue weighted by atomic mass is 28.4. The van der Waals surface area contributed by atoms with Crippen LogP contribution in [0, 0.1) is 52.3 Å². The number of esters is 1. The lowest BCUT2D eigenvalue weighted by Crippen LogP contribution is -2.42. The third kappa shape index (κ3) is 54.7. The summed E-state index contributed by atoms with van der Waals surface area (Å²) in [5.74, 6) is 8.78. The van der Waals surface area contributed by atoms with Crippen LogP contribution in [0.15, 0.2) is 195 Å². The molecule has 10 nitrogen and oxygen atoms in total. The van der Waals surface area contributed by atoms with E-state index in [9.17, 15) is 18.0 Å². The molecule has 135 heavy (non-hydrogen) atoms. The Hall–Kier alpha value is -8.98. The van der Waals surface area contributed by atoms with Gasteiger partial charge in [-0.1, -0.05) is 296 Å². The fraction of sp³-hybridized carbons (Fsp3) is 0.545. The van der Waals surface area contributed by atoms with Gasteiger partial charge in [0.1, 0.15) is 53.5 Å². The number of methoxy groups -OCH3 is 5. The Labute approximate surface area is 823 Å². The largest absolute Gasteiger partial charge is 0.497 e. The smallest absolute Gasteiger partial charge is 0.344 e. The summed E-state index contributed by atoms with van der Waals surface area (Å²) in [5.41, 5.74) is 22.6. The highest BCUT2D eigenvalue weighted by Crippen LogP contribution is 2.43. The maximum atomic E-state index is 12.4. The van der Waals surface area contributed by atoms with Crippen molar-refractivity contribution in [3.8, 4) is 40.2 Å². The monoisotopic (exact) mass is 1880 g/mol. The number of benzene rings is 8. The standard InChI is InChI=1S/C34H46.C28H34O6.C13H18.C12H13F3O.C11H24.C9H22OSi.C8H16.C6H12O2/c1-7-26-16-27(8-2)19-30(18-26)11-13-32-22-33(24-34(23-32)15-25(5)6)14-12-31-20-28(9-3)17-29(10-4)21-31;1-19(2)7-20-8-27(33-17-21-10-23(29-3)14-24(11-21)30-4)16-28(9-20)34-18-22-12-25(31-5)15-26(13-22)32-6;1-4-5-12-6-8-13(9-7-12)10-11(2)3;1-8(2)7-9-3-5-10(6-4-9)16-12(15)11(13)14;1-9(2)8-11(6,7)10(3,4)5;1-8(2)10-11(6,7)9(3,4)5;1-5-8(4)6-7(2)3;1-5(2)4-6(7)8-3/h16-25H,7-15H2,1-6H3;8-16,19H,7,17-18H2,1-6H3;4,6-9,11H,1,5,10H2,2-3H3;3-6,8H,7H2,1-2H3;9H,8H2,1-7H3;8H,1-7H3;7H,4-6H2,1-3H3;5H,4H2,1-3H3. The normalized spacial score (nSPS) is 11.3. The van der Waals surface area contributed by atoms with Crippen LogP contribution in [0.4, 0.5) is 13.2 Å². The van der Waals surface area contributed by atoms with E-state index in [4.69, 9.17) is 32.8 Å². The van der Waals surface area contributed by atoms with Crippen molar-refractivity contribution >= 4 is 14.3 Å². The lowest BCUT2D eigenvalue weighted by atomic mass is 9.65. The molecular formula is C121H185F3O10Si. The van der Waals surface area contributed by atoms with Gasteiger partial charge in [0.15, 0.2) is 8.32 Å². The summed E-state index contributed by atoms with van der Waals surface area (Å²) in [4.78, 5) is 10.4. The van der Waals surface area contributed by atoms with Gasteiger partial charge in [-0.3, -0.25) is 4.79 Å². The summed E-state index contributed by atoms with van der Waals surface area (Å²) in [6.07, 6.45) is 18.1. The first-order valence-electron chi connectivity index (χ1n) is 50.0. The fourth-order valence-electron chi connectivity index (χ4n) is 14.7. The van der Waals surface area contributed by atoms with Crippen LogP contribution < -0.4 is 33.2 Å². The third-order valence-corrected chi connectivity index (χ3v) is 28.2. The summed E-state index contributed by atoms with van der Waals surface area (Å²) in [6.45, 7) is 77.6. The minimum absolute atomic E-state index is 0.0674. The van der Waals surface area contributed by atoms with Crippen molar-refractivity contribution in [3.05, 3.63) is 278 Å². The van der Waals surface area contributed by atoms with Crippen LogP contribution in [0.1, 0.15) is 310 Å². The van der Waals surface area contributed by atoms with Gasteiger partial charge < -0.3 is 42.3 Å². The number of ether oxygens (including phenoxy) is 8. The van der Waals surface area contributed by atoms with Crippen molar-refractivity contribution in [2.24, 2.45) is 52.3 Å². The molecule has 0 N–H and O–H groups in total. The van der Waals surface area contributed by atoms with Gasteiger partial charge in [-0.2, -0.15) is 13.2 Å². The number of carbonyl (C=O) groups excluding carboxylic acids is 1. The Bertz CT molecular complexity index is 4190. The summed E-state index contributed by atoms with van der Waals surface area (Å²) >= 11 is 0. The van der Waals surface area contributed by atoms with E-state index in [0.717, 1.165) is 158 Å². The van der Waals surface area contributed by atoms with Crippen LogP contribution >= 0.6 is 0 Å². The van der Waals surface area contributed by atoms with Gasteiger partial charge in [0.05, 0.1) is 35.5 Å². The van der Waals surface area contributed by atoms with E-state index in [1.807, 2.05) is 62.4 Å². The predicted octanol–water partition coefficient (Wildman–Crippen LogP) is 34.4. The first-order chi connectivity index (χ1) is 63.2. The Morgan fingerprint density at radius 1 is 0.370 bits per heavy atom. The van der Waals surface area contributed by atoms with Crippen molar-refractivity contribution < 1.29 is 60.3 Å². The Morgan fingerprint density at radius 2 is 0.674 bits per heavy atom. The number of allylic oxidation sites excluding steroid dienone is 2. The van der Waals surface area contributed by atoms with Gasteiger partial charge in [0.2, 0.25) is 0 Å². The predicted molar refractivity (Wildman–Crippen MR) is 574 cm³/mol. The number of rotatable bonds is 41. The number of hydrogen-bond acceptors (Lipinski definition) is 10. The molecule has 0 aromatic heterocycles. The van der Waals surface area contributed by atoms with Gasteiger partial charge in [0.25, 0.3) is 0 Å². The quantitative estimate of drug-likeness (QED) is 0.0159. The molecule has 0 radical (unpaired) electrons. The Balaban J connectivity index is 0.000000827. The van der Waals surface area contributed by atoms with Crippen molar-refractivity contribution in [3.63, 3.8) is 0 Å². The molecule has 0 aliphatic carbocycles. The van der Waals surface area contributed by atoms with Crippen LogP contribution in [0.5, 0.6) is 40.2 Å². The molecule has 0 unspecified atom stereocenters. The van der Waals surface area contributed by atoms with Gasteiger partial charge >= 0.3 is 18.1 Å². The average molecular weight is 1880 g/mol. The molecule has 8 aromatic rings. The van der Waals surface area contributed by atoms with Gasteiger partial charge in [-0.05, 0) is 319 Å². The van der Waals surface area contributed by atoms with E-state index in [2.05, 4.69) is 314 Å². The third-order valence-electron chi connectivity index (χ3n) is 23.5. The summed E-state index contributed by atoms with van der Waals surface area (Å²) in [7, 11) is 6.48. The summed E-state index contributed by atoms with van der Waals surface area (Å²) in [6, 6.07) is 52.7. The van der Waals surface area contributed by atoms with Crippen LogP contribution in [0.2, 0.25) is 18.1 Å². The maximum absolute atomic E-state index is 12.4. The fourth-order valence-corrected chi connectivity index (χ4v) is 16.2. The van der Waals surface area contributed by atoms with Gasteiger partial charge in [-0.15, -0.1) is 6.58 Å². The summed E-state index contributed by atoms with van der Waals surface area (Å²) < 4.78 is 84.3. The van der Waals surface area contributed by atoms with E-state index in [1.165, 1.54) is 105 Å². The molecule has 0 spiro atoms. The van der Waals surface area contributed by atoms with E-state index < -0.39 is 20.4 Å². The van der Waals surface area contributed by atoms with Crippen LogP contribution in [-0.2, 0) is 111 Å². The zero-order valence-electron chi connectivity index (χ0n) is 91.3. The first-order valence-corrected chi connectivity index (χ1v) is 52.9. The Morgan fingerprint density at radius 3 is 0.926 bits per heavy atom. The van der Waals surface area contributed by atoms with E-state index in [1.54, 1.807) is 40.6 Å². The molecule has 8 aromatic carbocycles. The number of hydrogen-bond donors (Lipinski definition) is 0. The number of carbonyl (C=O) groups is 1.